The smallest absolute Gasteiger partial charge is 0.252 e. The third-order valence-corrected chi connectivity index (χ3v) is 3.93. The van der Waals surface area contributed by atoms with Gasteiger partial charge in [0.25, 0.3) is 5.91 Å². The number of carbonyl (C=O) groups is 1. The summed E-state index contributed by atoms with van der Waals surface area (Å²) in [5.74, 6) is -0.0178. The zero-order chi connectivity index (χ0) is 14.4. The second-order valence-electron chi connectivity index (χ2n) is 4.64. The Labute approximate surface area is 128 Å². The summed E-state index contributed by atoms with van der Waals surface area (Å²) in [6.07, 6.45) is 0.867. The van der Waals surface area contributed by atoms with Crippen LogP contribution in [0.5, 0.6) is 0 Å². The van der Waals surface area contributed by atoms with Gasteiger partial charge in [0.15, 0.2) is 0 Å². The van der Waals surface area contributed by atoms with E-state index in [1.54, 1.807) is 0 Å². The molecule has 0 aliphatic carbocycles. The second-order valence-corrected chi connectivity index (χ2v) is 5.20. The molecule has 0 fully saturated rings. The van der Waals surface area contributed by atoms with Crippen molar-refractivity contribution in [3.8, 4) is 0 Å². The van der Waals surface area contributed by atoms with E-state index in [-0.39, 0.29) is 11.9 Å². The molecule has 2 rings (SSSR count). The van der Waals surface area contributed by atoms with E-state index in [9.17, 15) is 4.79 Å². The average Bonchev–Trinajstić information content (AvgIpc) is 2.53. The van der Waals surface area contributed by atoms with Gasteiger partial charge < -0.3 is 5.32 Å². The molecule has 0 heterocycles. The van der Waals surface area contributed by atoms with E-state index in [4.69, 9.17) is 0 Å². The van der Waals surface area contributed by atoms with Crippen molar-refractivity contribution in [3.63, 3.8) is 0 Å². The van der Waals surface area contributed by atoms with Crippen molar-refractivity contribution in [2.75, 3.05) is 0 Å². The van der Waals surface area contributed by atoms with Crippen LogP contribution < -0.4 is 5.32 Å². The predicted molar refractivity (Wildman–Crippen MR) is 86.0 cm³/mol. The van der Waals surface area contributed by atoms with Crippen LogP contribution in [0.25, 0.3) is 0 Å². The van der Waals surface area contributed by atoms with Gasteiger partial charge in [-0.15, -0.1) is 0 Å². The molecule has 0 radical (unpaired) electrons. The van der Waals surface area contributed by atoms with Crippen molar-refractivity contribution >= 4 is 21.8 Å². The monoisotopic (exact) mass is 331 g/mol. The van der Waals surface area contributed by atoms with E-state index in [1.807, 2.05) is 54.6 Å². The van der Waals surface area contributed by atoms with Crippen LogP contribution in [0, 0.1) is 0 Å². The SMILES string of the molecule is CCC(NC(=O)c1ccccc1CBr)c1ccccc1. The van der Waals surface area contributed by atoms with Gasteiger partial charge in [-0.25, -0.2) is 0 Å². The lowest BCUT2D eigenvalue weighted by molar-refractivity contribution is 0.0935. The zero-order valence-corrected chi connectivity index (χ0v) is 13.1. The molecule has 0 aliphatic heterocycles. The molecular weight excluding hydrogens is 314 g/mol. The van der Waals surface area contributed by atoms with Crippen LogP contribution >= 0.6 is 15.9 Å². The maximum atomic E-state index is 12.4. The summed E-state index contributed by atoms with van der Waals surface area (Å²) in [5, 5.41) is 3.79. The summed E-state index contributed by atoms with van der Waals surface area (Å²) in [4.78, 5) is 12.4. The molecule has 0 saturated heterocycles. The Balaban J connectivity index is 2.18. The Kier molecular flexibility index (Phi) is 5.36. The molecule has 0 aliphatic rings. The molecule has 2 aromatic rings. The second kappa shape index (κ2) is 7.25. The van der Waals surface area contributed by atoms with Gasteiger partial charge in [0.2, 0.25) is 0 Å². The Bertz CT molecular complexity index is 568. The topological polar surface area (TPSA) is 29.1 Å². The first-order valence-electron chi connectivity index (χ1n) is 6.76. The standard InChI is InChI=1S/C17H18BrNO/c1-2-16(13-8-4-3-5-9-13)19-17(20)15-11-7-6-10-14(15)12-18/h3-11,16H,2,12H2,1H3,(H,19,20). The fraction of sp³-hybridized carbons (Fsp3) is 0.235. The lowest BCUT2D eigenvalue weighted by Crippen LogP contribution is -2.28. The summed E-state index contributed by atoms with van der Waals surface area (Å²) in [7, 11) is 0. The van der Waals surface area contributed by atoms with Crippen LogP contribution in [0.3, 0.4) is 0 Å². The van der Waals surface area contributed by atoms with Gasteiger partial charge in [0.1, 0.15) is 0 Å². The number of alkyl halides is 1. The first kappa shape index (κ1) is 14.8. The fourth-order valence-electron chi connectivity index (χ4n) is 2.20. The van der Waals surface area contributed by atoms with Gasteiger partial charge in [-0.1, -0.05) is 71.4 Å². The minimum atomic E-state index is -0.0178. The molecule has 1 unspecified atom stereocenters. The number of nitrogens with one attached hydrogen (secondary N) is 1. The average molecular weight is 332 g/mol. The molecular formula is C17H18BrNO. The van der Waals surface area contributed by atoms with Crippen molar-refractivity contribution in [1.29, 1.82) is 0 Å². The summed E-state index contributed by atoms with van der Waals surface area (Å²) in [5.41, 5.74) is 2.88. The van der Waals surface area contributed by atoms with Crippen LogP contribution in [0.1, 0.15) is 40.9 Å². The molecule has 0 spiro atoms. The van der Waals surface area contributed by atoms with Crippen molar-refractivity contribution in [1.82, 2.24) is 5.32 Å². The van der Waals surface area contributed by atoms with Crippen molar-refractivity contribution in [2.45, 2.75) is 24.7 Å². The minimum absolute atomic E-state index is 0.0178. The number of carbonyl (C=O) groups excluding carboxylic acids is 1. The fourth-order valence-corrected chi connectivity index (χ4v) is 2.69. The first-order chi connectivity index (χ1) is 9.76. The summed E-state index contributed by atoms with van der Waals surface area (Å²) >= 11 is 3.42. The number of rotatable bonds is 5. The number of halogens is 1. The molecule has 2 aromatic carbocycles. The summed E-state index contributed by atoms with van der Waals surface area (Å²) in [6, 6.07) is 17.8. The normalized spacial score (nSPS) is 11.9. The Morgan fingerprint density at radius 2 is 1.75 bits per heavy atom. The van der Waals surface area contributed by atoms with E-state index in [2.05, 4.69) is 28.2 Å². The lowest BCUT2D eigenvalue weighted by Gasteiger charge is -2.18. The van der Waals surface area contributed by atoms with Crippen molar-refractivity contribution < 1.29 is 4.79 Å². The number of benzene rings is 2. The molecule has 20 heavy (non-hydrogen) atoms. The molecule has 1 amide bonds. The lowest BCUT2D eigenvalue weighted by atomic mass is 10.0. The molecule has 0 aromatic heterocycles. The number of hydrogen-bond acceptors (Lipinski definition) is 1. The van der Waals surface area contributed by atoms with Crippen LogP contribution in [0.15, 0.2) is 54.6 Å². The van der Waals surface area contributed by atoms with Crippen LogP contribution in [0.4, 0.5) is 0 Å². The van der Waals surface area contributed by atoms with E-state index in [1.165, 1.54) is 0 Å². The molecule has 104 valence electrons. The number of amides is 1. The van der Waals surface area contributed by atoms with Crippen LogP contribution in [0.2, 0.25) is 0 Å². The minimum Gasteiger partial charge on any atom is -0.345 e. The molecule has 2 nitrogen and oxygen atoms in total. The van der Waals surface area contributed by atoms with Gasteiger partial charge in [-0.3, -0.25) is 4.79 Å². The van der Waals surface area contributed by atoms with E-state index >= 15 is 0 Å². The predicted octanol–water partition coefficient (Wildman–Crippen LogP) is 4.46. The molecule has 0 bridgehead atoms. The zero-order valence-electron chi connectivity index (χ0n) is 11.5. The van der Waals surface area contributed by atoms with Gasteiger partial charge in [0.05, 0.1) is 6.04 Å². The molecule has 0 saturated carbocycles. The molecule has 1 N–H and O–H groups in total. The van der Waals surface area contributed by atoms with Crippen LogP contribution in [-0.4, -0.2) is 5.91 Å². The quantitative estimate of drug-likeness (QED) is 0.805. The summed E-state index contributed by atoms with van der Waals surface area (Å²) in [6.45, 7) is 2.08. The maximum Gasteiger partial charge on any atom is 0.252 e. The van der Waals surface area contributed by atoms with Gasteiger partial charge in [-0.2, -0.15) is 0 Å². The van der Waals surface area contributed by atoms with Gasteiger partial charge in [-0.05, 0) is 23.6 Å². The Morgan fingerprint density at radius 3 is 2.40 bits per heavy atom. The third kappa shape index (κ3) is 3.48. The first-order valence-corrected chi connectivity index (χ1v) is 7.88. The van der Waals surface area contributed by atoms with Crippen LogP contribution in [-0.2, 0) is 5.33 Å². The Morgan fingerprint density at radius 1 is 1.10 bits per heavy atom. The molecule has 1 atom stereocenters. The van der Waals surface area contributed by atoms with Crippen molar-refractivity contribution in [2.24, 2.45) is 0 Å². The van der Waals surface area contributed by atoms with E-state index in [0.29, 0.717) is 5.33 Å². The largest absolute Gasteiger partial charge is 0.345 e. The van der Waals surface area contributed by atoms with E-state index in [0.717, 1.165) is 23.1 Å². The highest BCUT2D eigenvalue weighted by molar-refractivity contribution is 9.08. The Hall–Kier alpha value is -1.61. The van der Waals surface area contributed by atoms with Crippen molar-refractivity contribution in [3.05, 3.63) is 71.3 Å². The van der Waals surface area contributed by atoms with Gasteiger partial charge >= 0.3 is 0 Å². The highest BCUT2D eigenvalue weighted by Crippen LogP contribution is 2.18. The van der Waals surface area contributed by atoms with E-state index < -0.39 is 0 Å². The molecule has 3 heteroatoms. The third-order valence-electron chi connectivity index (χ3n) is 3.32. The maximum absolute atomic E-state index is 12.4. The highest BCUT2D eigenvalue weighted by Gasteiger charge is 2.15. The number of hydrogen-bond donors (Lipinski definition) is 1. The summed E-state index contributed by atoms with van der Waals surface area (Å²) < 4.78 is 0. The van der Waals surface area contributed by atoms with Gasteiger partial charge in [0, 0.05) is 10.9 Å². The highest BCUT2D eigenvalue weighted by atomic mass is 79.9.